The van der Waals surface area contributed by atoms with Gasteiger partial charge in [0.15, 0.2) is 11.5 Å². The third kappa shape index (κ3) is 2.17. The van der Waals surface area contributed by atoms with Gasteiger partial charge in [-0.1, -0.05) is 0 Å². The molecule has 2 N–H and O–H groups in total. The molecule has 0 aliphatic rings. The number of methoxy groups -OCH3 is 2. The number of benzene rings is 1. The van der Waals surface area contributed by atoms with Crippen LogP contribution < -0.4 is 15.2 Å². The van der Waals surface area contributed by atoms with Gasteiger partial charge in [0, 0.05) is 11.6 Å². The molecule has 2 aromatic rings. The molecule has 0 bridgehead atoms. The van der Waals surface area contributed by atoms with Gasteiger partial charge in [-0.25, -0.2) is 4.39 Å². The summed E-state index contributed by atoms with van der Waals surface area (Å²) >= 11 is 0. The van der Waals surface area contributed by atoms with Gasteiger partial charge in [0.05, 0.1) is 26.5 Å². The molecule has 0 aliphatic carbocycles. The van der Waals surface area contributed by atoms with E-state index in [-0.39, 0.29) is 0 Å². The molecule has 2 rings (SSSR count). The molecular weight excluding hydrogens is 237 g/mol. The molecule has 1 atom stereocenters. The van der Waals surface area contributed by atoms with E-state index in [9.17, 15) is 4.39 Å². The molecular formula is C13H14FNO3. The average Bonchev–Trinajstić information content (AvgIpc) is 2.91. The molecule has 1 aromatic carbocycles. The second kappa shape index (κ2) is 5.10. The van der Waals surface area contributed by atoms with Crippen LogP contribution in [0.3, 0.4) is 0 Å². The summed E-state index contributed by atoms with van der Waals surface area (Å²) in [7, 11) is 2.93. The zero-order valence-corrected chi connectivity index (χ0v) is 10.1. The van der Waals surface area contributed by atoms with Crippen LogP contribution in [0.25, 0.3) is 0 Å². The highest BCUT2D eigenvalue weighted by atomic mass is 19.1. The Morgan fingerprint density at radius 2 is 1.89 bits per heavy atom. The first kappa shape index (κ1) is 12.4. The maximum Gasteiger partial charge on any atom is 0.163 e. The van der Waals surface area contributed by atoms with E-state index < -0.39 is 11.9 Å². The molecule has 4 nitrogen and oxygen atoms in total. The largest absolute Gasteiger partial charge is 0.493 e. The predicted molar refractivity (Wildman–Crippen MR) is 64.2 cm³/mol. The zero-order valence-electron chi connectivity index (χ0n) is 10.1. The van der Waals surface area contributed by atoms with Crippen LogP contribution in [0.4, 0.5) is 4.39 Å². The van der Waals surface area contributed by atoms with Crippen LogP contribution in [0.5, 0.6) is 11.5 Å². The zero-order chi connectivity index (χ0) is 13.1. The Morgan fingerprint density at radius 1 is 1.22 bits per heavy atom. The molecule has 0 spiro atoms. The number of rotatable bonds is 4. The molecule has 1 heterocycles. The van der Waals surface area contributed by atoms with Crippen LogP contribution in [-0.2, 0) is 0 Å². The third-order valence-electron chi connectivity index (χ3n) is 2.69. The van der Waals surface area contributed by atoms with Gasteiger partial charge in [-0.15, -0.1) is 0 Å². The van der Waals surface area contributed by atoms with Crippen LogP contribution in [0.2, 0.25) is 0 Å². The Kier molecular flexibility index (Phi) is 3.53. The molecule has 0 saturated heterocycles. The first-order chi connectivity index (χ1) is 8.67. The lowest BCUT2D eigenvalue weighted by Gasteiger charge is -2.14. The Morgan fingerprint density at radius 3 is 2.44 bits per heavy atom. The quantitative estimate of drug-likeness (QED) is 0.907. The second-order valence-corrected chi connectivity index (χ2v) is 3.72. The Labute approximate surface area is 104 Å². The van der Waals surface area contributed by atoms with Crippen molar-refractivity contribution < 1.29 is 18.3 Å². The number of hydrogen-bond donors (Lipinski definition) is 1. The van der Waals surface area contributed by atoms with Crippen molar-refractivity contribution >= 4 is 0 Å². The summed E-state index contributed by atoms with van der Waals surface area (Å²) < 4.78 is 29.2. The highest BCUT2D eigenvalue weighted by Gasteiger charge is 2.19. The summed E-state index contributed by atoms with van der Waals surface area (Å²) in [4.78, 5) is 0. The SMILES string of the molecule is COc1cc(F)c(C(N)c2ccco2)cc1OC. The topological polar surface area (TPSA) is 57.6 Å². The fraction of sp³-hybridized carbons (Fsp3) is 0.231. The first-order valence-electron chi connectivity index (χ1n) is 5.37. The number of nitrogens with two attached hydrogens (primary N) is 1. The van der Waals surface area contributed by atoms with Crippen LogP contribution in [-0.4, -0.2) is 14.2 Å². The monoisotopic (exact) mass is 251 g/mol. The van der Waals surface area contributed by atoms with E-state index in [4.69, 9.17) is 19.6 Å². The smallest absolute Gasteiger partial charge is 0.163 e. The molecule has 0 amide bonds. The minimum Gasteiger partial charge on any atom is -0.493 e. The molecule has 0 saturated carbocycles. The predicted octanol–water partition coefficient (Wildman–Crippen LogP) is 2.48. The summed E-state index contributed by atoms with van der Waals surface area (Å²) in [5.74, 6) is 0.777. The van der Waals surface area contributed by atoms with E-state index in [0.717, 1.165) is 0 Å². The van der Waals surface area contributed by atoms with Crippen molar-refractivity contribution in [2.75, 3.05) is 14.2 Å². The summed E-state index contributed by atoms with van der Waals surface area (Å²) in [6, 6.07) is 5.48. The molecule has 5 heteroatoms. The fourth-order valence-electron chi connectivity index (χ4n) is 1.73. The summed E-state index contributed by atoms with van der Waals surface area (Å²) in [6.45, 7) is 0. The molecule has 96 valence electrons. The Balaban J connectivity index is 2.45. The summed E-state index contributed by atoms with van der Waals surface area (Å²) in [5.41, 5.74) is 6.24. The number of ether oxygens (including phenoxy) is 2. The van der Waals surface area contributed by atoms with Crippen molar-refractivity contribution in [2.45, 2.75) is 6.04 Å². The van der Waals surface area contributed by atoms with Crippen molar-refractivity contribution in [1.82, 2.24) is 0 Å². The van der Waals surface area contributed by atoms with E-state index in [2.05, 4.69) is 0 Å². The van der Waals surface area contributed by atoms with E-state index in [0.29, 0.717) is 22.8 Å². The van der Waals surface area contributed by atoms with Gasteiger partial charge in [-0.05, 0) is 18.2 Å². The highest BCUT2D eigenvalue weighted by Crippen LogP contribution is 2.33. The molecule has 0 fully saturated rings. The van der Waals surface area contributed by atoms with Crippen molar-refractivity contribution in [2.24, 2.45) is 5.73 Å². The van der Waals surface area contributed by atoms with E-state index >= 15 is 0 Å². The molecule has 1 unspecified atom stereocenters. The van der Waals surface area contributed by atoms with E-state index in [1.54, 1.807) is 12.1 Å². The van der Waals surface area contributed by atoms with Crippen molar-refractivity contribution in [1.29, 1.82) is 0 Å². The minimum atomic E-state index is -0.681. The van der Waals surface area contributed by atoms with Gasteiger partial charge in [0.2, 0.25) is 0 Å². The van der Waals surface area contributed by atoms with Crippen molar-refractivity contribution in [3.63, 3.8) is 0 Å². The first-order valence-corrected chi connectivity index (χ1v) is 5.37. The minimum absolute atomic E-state index is 0.294. The number of halogens is 1. The van der Waals surface area contributed by atoms with Gasteiger partial charge < -0.3 is 19.6 Å². The molecule has 18 heavy (non-hydrogen) atoms. The summed E-state index contributed by atoms with van der Waals surface area (Å²) in [6.07, 6.45) is 1.49. The lowest BCUT2D eigenvalue weighted by Crippen LogP contribution is -2.13. The fourth-order valence-corrected chi connectivity index (χ4v) is 1.73. The van der Waals surface area contributed by atoms with Crippen LogP contribution in [0.1, 0.15) is 17.4 Å². The average molecular weight is 251 g/mol. The molecule has 0 aliphatic heterocycles. The van der Waals surface area contributed by atoms with Gasteiger partial charge in [0.1, 0.15) is 11.6 Å². The Bertz CT molecular complexity index is 525. The maximum absolute atomic E-state index is 13.9. The highest BCUT2D eigenvalue weighted by molar-refractivity contribution is 5.45. The van der Waals surface area contributed by atoms with Gasteiger partial charge >= 0.3 is 0 Å². The van der Waals surface area contributed by atoms with Gasteiger partial charge in [-0.2, -0.15) is 0 Å². The number of furan rings is 1. The third-order valence-corrected chi connectivity index (χ3v) is 2.69. The number of hydrogen-bond acceptors (Lipinski definition) is 4. The Hall–Kier alpha value is -2.01. The van der Waals surface area contributed by atoms with Crippen molar-refractivity contribution in [3.05, 3.63) is 47.7 Å². The van der Waals surface area contributed by atoms with Crippen LogP contribution >= 0.6 is 0 Å². The molecule has 0 radical (unpaired) electrons. The van der Waals surface area contributed by atoms with E-state index in [1.165, 1.54) is 32.6 Å². The standard InChI is InChI=1S/C13H14FNO3/c1-16-11-6-8(9(14)7-12(11)17-2)13(15)10-4-3-5-18-10/h3-7,13H,15H2,1-2H3. The van der Waals surface area contributed by atoms with E-state index in [1.807, 2.05) is 0 Å². The molecule has 1 aromatic heterocycles. The van der Waals surface area contributed by atoms with Crippen molar-refractivity contribution in [3.8, 4) is 11.5 Å². The lowest BCUT2D eigenvalue weighted by molar-refractivity contribution is 0.350. The lowest BCUT2D eigenvalue weighted by atomic mass is 10.0. The van der Waals surface area contributed by atoms with Crippen LogP contribution in [0.15, 0.2) is 34.9 Å². The summed E-state index contributed by atoms with van der Waals surface area (Å²) in [5, 5.41) is 0. The maximum atomic E-state index is 13.9. The van der Waals surface area contributed by atoms with Gasteiger partial charge in [-0.3, -0.25) is 0 Å². The van der Waals surface area contributed by atoms with Crippen LogP contribution in [0, 0.1) is 5.82 Å². The van der Waals surface area contributed by atoms with Gasteiger partial charge in [0.25, 0.3) is 0 Å². The normalized spacial score (nSPS) is 12.2. The second-order valence-electron chi connectivity index (χ2n) is 3.72.